The largest absolute Gasteiger partial charge is 0.493 e. The van der Waals surface area contributed by atoms with Crippen LogP contribution in [0.4, 0.5) is 27.8 Å². The van der Waals surface area contributed by atoms with Crippen LogP contribution in [0.15, 0.2) is 54.9 Å². The molecule has 2 aliphatic heterocycles. The van der Waals surface area contributed by atoms with Gasteiger partial charge in [0.15, 0.2) is 11.5 Å². The Hall–Kier alpha value is -4.54. The van der Waals surface area contributed by atoms with Crippen molar-refractivity contribution in [3.05, 3.63) is 60.4 Å². The van der Waals surface area contributed by atoms with E-state index in [0.717, 1.165) is 23.4 Å². The molecule has 2 aromatic carbocycles. The van der Waals surface area contributed by atoms with E-state index in [2.05, 4.69) is 25.9 Å². The van der Waals surface area contributed by atoms with E-state index in [9.17, 15) is 9.59 Å². The molecule has 192 valence electrons. The van der Waals surface area contributed by atoms with Crippen LogP contribution in [0.2, 0.25) is 0 Å². The average molecular weight is 505 g/mol. The first-order chi connectivity index (χ1) is 18.1. The normalized spacial score (nSPS) is 18.1. The first-order valence-electron chi connectivity index (χ1n) is 12.1. The number of carbonyl (C=O) groups is 2. The summed E-state index contributed by atoms with van der Waals surface area (Å²) in [6.07, 6.45) is 2.27. The van der Waals surface area contributed by atoms with Gasteiger partial charge < -0.3 is 30.2 Å². The third-order valence-electron chi connectivity index (χ3n) is 6.11. The predicted octanol–water partition coefficient (Wildman–Crippen LogP) is 3.58. The molecule has 5 rings (SSSR count). The number of nitrogens with zero attached hydrogens (tertiary/aromatic N) is 3. The van der Waals surface area contributed by atoms with Crippen molar-refractivity contribution < 1.29 is 23.8 Å². The SMILES string of the molecule is COc1ccc2cc1OCCNC(=O)C1CCCN1C(=O)OCc1cccc(c1)Nc1cc(ncn1)N2. The molecule has 2 amide bonds. The lowest BCUT2D eigenvalue weighted by Gasteiger charge is -2.23. The first kappa shape index (κ1) is 24.2. The highest BCUT2D eigenvalue weighted by Gasteiger charge is 2.35. The van der Waals surface area contributed by atoms with Crippen molar-refractivity contribution >= 4 is 35.0 Å². The zero-order chi connectivity index (χ0) is 25.6. The number of hydrogen-bond acceptors (Lipinski definition) is 9. The fraction of sp³-hybridized carbons (Fsp3) is 0.308. The maximum atomic E-state index is 12.8. The Labute approximate surface area is 214 Å². The Morgan fingerprint density at radius 2 is 1.81 bits per heavy atom. The average Bonchev–Trinajstić information content (AvgIpc) is 3.40. The van der Waals surface area contributed by atoms with Crippen LogP contribution in [-0.4, -0.2) is 59.7 Å². The van der Waals surface area contributed by atoms with Crippen molar-refractivity contribution in [3.63, 3.8) is 0 Å². The van der Waals surface area contributed by atoms with E-state index < -0.39 is 12.1 Å². The Morgan fingerprint density at radius 3 is 2.62 bits per heavy atom. The number of nitrogens with one attached hydrogen (secondary N) is 3. The molecule has 3 heterocycles. The first-order valence-corrected chi connectivity index (χ1v) is 12.1. The van der Waals surface area contributed by atoms with Crippen LogP contribution in [0.5, 0.6) is 11.5 Å². The summed E-state index contributed by atoms with van der Waals surface area (Å²) in [7, 11) is 1.56. The highest BCUT2D eigenvalue weighted by atomic mass is 16.6. The van der Waals surface area contributed by atoms with Crippen molar-refractivity contribution in [3.8, 4) is 11.5 Å². The number of amides is 2. The van der Waals surface area contributed by atoms with Gasteiger partial charge in [-0.2, -0.15) is 0 Å². The van der Waals surface area contributed by atoms with Gasteiger partial charge >= 0.3 is 6.09 Å². The second kappa shape index (κ2) is 11.0. The molecule has 1 atom stereocenters. The number of rotatable bonds is 1. The zero-order valence-corrected chi connectivity index (χ0v) is 20.4. The molecule has 11 nitrogen and oxygen atoms in total. The third-order valence-corrected chi connectivity index (χ3v) is 6.11. The van der Waals surface area contributed by atoms with Crippen LogP contribution in [-0.2, 0) is 16.1 Å². The summed E-state index contributed by atoms with van der Waals surface area (Å²) in [5.41, 5.74) is 2.33. The van der Waals surface area contributed by atoms with Gasteiger partial charge in [-0.25, -0.2) is 14.8 Å². The van der Waals surface area contributed by atoms with Gasteiger partial charge in [-0.1, -0.05) is 12.1 Å². The Bertz CT molecular complexity index is 1290. The van der Waals surface area contributed by atoms with E-state index in [1.807, 2.05) is 30.3 Å². The number of methoxy groups -OCH3 is 1. The van der Waals surface area contributed by atoms with Gasteiger partial charge in [-0.3, -0.25) is 9.69 Å². The van der Waals surface area contributed by atoms with Crippen molar-refractivity contribution in [1.29, 1.82) is 0 Å². The number of ether oxygens (including phenoxy) is 3. The molecule has 3 N–H and O–H groups in total. The molecule has 3 aromatic rings. The molecule has 1 fully saturated rings. The third kappa shape index (κ3) is 5.83. The summed E-state index contributed by atoms with van der Waals surface area (Å²) in [6, 6.07) is 14.2. The molecule has 1 unspecified atom stereocenters. The van der Waals surface area contributed by atoms with Gasteiger partial charge in [-0.05, 0) is 42.7 Å². The van der Waals surface area contributed by atoms with Crippen molar-refractivity contribution in [2.24, 2.45) is 0 Å². The Morgan fingerprint density at radius 1 is 1.00 bits per heavy atom. The standard InChI is InChI=1S/C26H28N6O5/c1-35-21-8-7-19-13-22(21)36-11-9-27-25(33)20-6-3-10-32(20)26(34)37-15-17-4-2-5-18(12-17)30-23-14-24(31-19)29-16-28-23/h2,4-5,7-8,12-14,16,20H,3,6,9-11,15H2,1H3,(H,27,33)(H2,28,29,30,31). The quantitative estimate of drug-likeness (QED) is 0.456. The lowest BCUT2D eigenvalue weighted by molar-refractivity contribution is -0.125. The molecular formula is C26H28N6O5. The summed E-state index contributed by atoms with van der Waals surface area (Å²) in [6.45, 7) is 1.05. The zero-order valence-electron chi connectivity index (χ0n) is 20.4. The summed E-state index contributed by atoms with van der Waals surface area (Å²) >= 11 is 0. The van der Waals surface area contributed by atoms with E-state index in [1.165, 1.54) is 11.2 Å². The van der Waals surface area contributed by atoms with Crippen molar-refractivity contribution in [2.75, 3.05) is 37.4 Å². The van der Waals surface area contributed by atoms with Crippen molar-refractivity contribution in [1.82, 2.24) is 20.2 Å². The molecule has 0 spiro atoms. The van der Waals surface area contributed by atoms with Gasteiger partial charge in [0.05, 0.1) is 13.7 Å². The van der Waals surface area contributed by atoms with E-state index in [1.54, 1.807) is 25.3 Å². The highest BCUT2D eigenvalue weighted by Crippen LogP contribution is 2.31. The molecule has 0 aliphatic carbocycles. The van der Waals surface area contributed by atoms with Crippen molar-refractivity contribution in [2.45, 2.75) is 25.5 Å². The van der Waals surface area contributed by atoms with E-state index in [4.69, 9.17) is 14.2 Å². The van der Waals surface area contributed by atoms with E-state index in [-0.39, 0.29) is 25.7 Å². The maximum absolute atomic E-state index is 12.8. The van der Waals surface area contributed by atoms with Gasteiger partial charge in [0, 0.05) is 30.1 Å². The minimum Gasteiger partial charge on any atom is -0.493 e. The van der Waals surface area contributed by atoms with Crippen LogP contribution in [0, 0.1) is 0 Å². The summed E-state index contributed by atoms with van der Waals surface area (Å²) in [5, 5.41) is 9.37. The molecule has 0 saturated carbocycles. The van der Waals surface area contributed by atoms with Crippen LogP contribution < -0.4 is 25.4 Å². The second-order valence-corrected chi connectivity index (χ2v) is 8.65. The minimum atomic E-state index is -0.568. The van der Waals surface area contributed by atoms with Gasteiger partial charge in [0.2, 0.25) is 5.91 Å². The van der Waals surface area contributed by atoms with Gasteiger partial charge in [-0.15, -0.1) is 0 Å². The molecule has 11 heteroatoms. The lowest BCUT2D eigenvalue weighted by atomic mass is 10.2. The molecule has 37 heavy (non-hydrogen) atoms. The van der Waals surface area contributed by atoms with Gasteiger partial charge in [0.1, 0.15) is 37.2 Å². The summed E-state index contributed by atoms with van der Waals surface area (Å²) in [4.78, 5) is 35.7. The molecule has 1 saturated heterocycles. The number of hydrogen-bond donors (Lipinski definition) is 3. The number of benzene rings is 2. The topological polar surface area (TPSA) is 127 Å². The number of anilines is 4. The van der Waals surface area contributed by atoms with Crippen LogP contribution in [0.25, 0.3) is 0 Å². The van der Waals surface area contributed by atoms with Crippen LogP contribution >= 0.6 is 0 Å². The Kier molecular flexibility index (Phi) is 7.20. The van der Waals surface area contributed by atoms with Crippen LogP contribution in [0.1, 0.15) is 18.4 Å². The summed E-state index contributed by atoms with van der Waals surface area (Å²) < 4.78 is 16.9. The Balaban J connectivity index is 1.42. The monoisotopic (exact) mass is 504 g/mol. The fourth-order valence-electron chi connectivity index (χ4n) is 4.33. The predicted molar refractivity (Wildman–Crippen MR) is 136 cm³/mol. The number of cyclic esters (lactones) is 1. The minimum absolute atomic E-state index is 0.0844. The fourth-order valence-corrected chi connectivity index (χ4v) is 4.33. The number of carbonyl (C=O) groups excluding carboxylic acids is 2. The van der Waals surface area contributed by atoms with Gasteiger partial charge in [0.25, 0.3) is 0 Å². The second-order valence-electron chi connectivity index (χ2n) is 8.65. The molecule has 0 radical (unpaired) electrons. The molecule has 2 aliphatic rings. The number of fused-ring (bicyclic) bond motifs is 7. The molecule has 1 aromatic heterocycles. The smallest absolute Gasteiger partial charge is 0.410 e. The number of aromatic nitrogens is 2. The molecule has 6 bridgehead atoms. The van der Waals surface area contributed by atoms with E-state index in [0.29, 0.717) is 36.1 Å². The van der Waals surface area contributed by atoms with E-state index >= 15 is 0 Å². The summed E-state index contributed by atoms with van der Waals surface area (Å²) in [5.74, 6) is 2.02. The van der Waals surface area contributed by atoms with Crippen LogP contribution in [0.3, 0.4) is 0 Å². The highest BCUT2D eigenvalue weighted by molar-refractivity contribution is 5.86. The maximum Gasteiger partial charge on any atom is 0.410 e. The lowest BCUT2D eigenvalue weighted by Crippen LogP contribution is -2.46. The molecular weight excluding hydrogens is 476 g/mol.